The molecule has 0 aliphatic rings. The molecule has 2 heterocycles. The molecule has 7 nitrogen and oxygen atoms in total. The molecule has 0 spiro atoms. The zero-order valence-electron chi connectivity index (χ0n) is 13.6. The Labute approximate surface area is 138 Å². The summed E-state index contributed by atoms with van der Waals surface area (Å²) in [6.07, 6.45) is 2.77. The topological polar surface area (TPSA) is 67.9 Å². The van der Waals surface area contributed by atoms with Crippen LogP contribution in [0.15, 0.2) is 41.5 Å². The standard InChI is InChI=1S/C16H17FN6O/c1-11(24-14-7-5-4-6-12(14)17)13-8-9-18-16-20-15(21-23(13)16)19-10-22(2)3/h4-11H,1-3H3/t11-/m0/s1. The van der Waals surface area contributed by atoms with Gasteiger partial charge in [-0.3, -0.25) is 0 Å². The van der Waals surface area contributed by atoms with Gasteiger partial charge in [-0.15, -0.1) is 5.10 Å². The van der Waals surface area contributed by atoms with Gasteiger partial charge in [-0.1, -0.05) is 12.1 Å². The van der Waals surface area contributed by atoms with E-state index >= 15 is 0 Å². The van der Waals surface area contributed by atoms with Crippen molar-refractivity contribution in [1.82, 2.24) is 24.5 Å². The van der Waals surface area contributed by atoms with Crippen molar-refractivity contribution in [1.29, 1.82) is 0 Å². The van der Waals surface area contributed by atoms with E-state index in [0.717, 1.165) is 0 Å². The molecule has 3 aromatic rings. The van der Waals surface area contributed by atoms with E-state index in [1.807, 2.05) is 21.0 Å². The van der Waals surface area contributed by atoms with E-state index in [2.05, 4.69) is 20.1 Å². The molecule has 24 heavy (non-hydrogen) atoms. The van der Waals surface area contributed by atoms with Crippen molar-refractivity contribution < 1.29 is 9.13 Å². The molecule has 0 radical (unpaired) electrons. The van der Waals surface area contributed by atoms with Crippen molar-refractivity contribution in [2.75, 3.05) is 14.1 Å². The smallest absolute Gasteiger partial charge is 0.272 e. The van der Waals surface area contributed by atoms with Gasteiger partial charge in [-0.05, 0) is 25.1 Å². The van der Waals surface area contributed by atoms with E-state index in [1.54, 1.807) is 46.2 Å². The van der Waals surface area contributed by atoms with Crippen LogP contribution in [0.25, 0.3) is 5.78 Å². The predicted octanol–water partition coefficient (Wildman–Crippen LogP) is 2.62. The van der Waals surface area contributed by atoms with Crippen molar-refractivity contribution >= 4 is 18.1 Å². The molecular formula is C16H17FN6O. The number of rotatable bonds is 5. The third-order valence-electron chi connectivity index (χ3n) is 3.22. The van der Waals surface area contributed by atoms with Crippen LogP contribution in [0, 0.1) is 5.82 Å². The summed E-state index contributed by atoms with van der Waals surface area (Å²) in [5, 5.41) is 4.31. The van der Waals surface area contributed by atoms with Crippen LogP contribution in [0.3, 0.4) is 0 Å². The summed E-state index contributed by atoms with van der Waals surface area (Å²) in [7, 11) is 3.71. The SMILES string of the molecule is C[C@H](Oc1ccccc1F)c1ccnc2nc(N=CN(C)C)nn12. The van der Waals surface area contributed by atoms with Gasteiger partial charge in [-0.2, -0.15) is 9.50 Å². The maximum atomic E-state index is 13.8. The highest BCUT2D eigenvalue weighted by molar-refractivity contribution is 5.58. The Balaban J connectivity index is 1.92. The summed E-state index contributed by atoms with van der Waals surface area (Å²) < 4.78 is 21.0. The summed E-state index contributed by atoms with van der Waals surface area (Å²) in [4.78, 5) is 14.3. The van der Waals surface area contributed by atoms with Crippen molar-refractivity contribution in [3.63, 3.8) is 0 Å². The van der Waals surface area contributed by atoms with Gasteiger partial charge in [0.2, 0.25) is 0 Å². The fourth-order valence-corrected chi connectivity index (χ4v) is 2.12. The summed E-state index contributed by atoms with van der Waals surface area (Å²) in [5.74, 6) is 0.467. The lowest BCUT2D eigenvalue weighted by molar-refractivity contribution is 0.209. The molecule has 0 bridgehead atoms. The number of nitrogens with zero attached hydrogens (tertiary/aromatic N) is 6. The van der Waals surface area contributed by atoms with E-state index in [1.165, 1.54) is 6.07 Å². The number of fused-ring (bicyclic) bond motifs is 1. The lowest BCUT2D eigenvalue weighted by Gasteiger charge is -2.15. The first-order valence-corrected chi connectivity index (χ1v) is 7.38. The molecule has 0 unspecified atom stereocenters. The molecule has 0 aliphatic carbocycles. The third-order valence-corrected chi connectivity index (χ3v) is 3.22. The van der Waals surface area contributed by atoms with Crippen LogP contribution in [-0.2, 0) is 0 Å². The minimum Gasteiger partial charge on any atom is -0.481 e. The Kier molecular flexibility index (Phi) is 4.37. The molecule has 0 aliphatic heterocycles. The number of halogens is 1. The molecule has 124 valence electrons. The summed E-state index contributed by atoms with van der Waals surface area (Å²) >= 11 is 0. The quantitative estimate of drug-likeness (QED) is 0.532. The van der Waals surface area contributed by atoms with E-state index in [4.69, 9.17) is 4.74 Å². The predicted molar refractivity (Wildman–Crippen MR) is 88.1 cm³/mol. The second kappa shape index (κ2) is 6.61. The Bertz CT molecular complexity index is 876. The number of aromatic nitrogens is 4. The van der Waals surface area contributed by atoms with Crippen molar-refractivity contribution in [3.05, 3.63) is 48.0 Å². The normalized spacial score (nSPS) is 12.7. The van der Waals surface area contributed by atoms with Gasteiger partial charge < -0.3 is 9.64 Å². The summed E-state index contributed by atoms with van der Waals surface area (Å²) in [5.41, 5.74) is 0.696. The van der Waals surface area contributed by atoms with Crippen LogP contribution in [0.1, 0.15) is 18.7 Å². The fourth-order valence-electron chi connectivity index (χ4n) is 2.12. The average Bonchev–Trinajstić information content (AvgIpc) is 2.98. The number of para-hydroxylation sites is 1. The highest BCUT2D eigenvalue weighted by Crippen LogP contribution is 2.24. The third kappa shape index (κ3) is 3.32. The van der Waals surface area contributed by atoms with Crippen LogP contribution in [-0.4, -0.2) is 44.9 Å². The molecule has 2 aromatic heterocycles. The number of aliphatic imine (C=N–C) groups is 1. The Morgan fingerprint density at radius 1 is 1.29 bits per heavy atom. The van der Waals surface area contributed by atoms with Crippen molar-refractivity contribution in [2.24, 2.45) is 4.99 Å². The van der Waals surface area contributed by atoms with Gasteiger partial charge in [0.05, 0.1) is 12.0 Å². The highest BCUT2D eigenvalue weighted by atomic mass is 19.1. The number of hydrogen-bond donors (Lipinski definition) is 0. The van der Waals surface area contributed by atoms with Gasteiger partial charge in [0.15, 0.2) is 11.6 Å². The van der Waals surface area contributed by atoms with Crippen LogP contribution in [0.5, 0.6) is 5.75 Å². The first kappa shape index (κ1) is 15.9. The van der Waals surface area contributed by atoms with Crippen LogP contribution in [0.4, 0.5) is 10.3 Å². The van der Waals surface area contributed by atoms with Crippen LogP contribution >= 0.6 is 0 Å². The molecular weight excluding hydrogens is 311 g/mol. The molecule has 0 N–H and O–H groups in total. The maximum Gasteiger partial charge on any atom is 0.272 e. The molecule has 1 atom stereocenters. The van der Waals surface area contributed by atoms with Crippen molar-refractivity contribution in [2.45, 2.75) is 13.0 Å². The minimum absolute atomic E-state index is 0.181. The van der Waals surface area contributed by atoms with Gasteiger partial charge in [0, 0.05) is 20.3 Å². The van der Waals surface area contributed by atoms with E-state index in [9.17, 15) is 4.39 Å². The van der Waals surface area contributed by atoms with Crippen molar-refractivity contribution in [3.8, 4) is 5.75 Å². The number of hydrogen-bond acceptors (Lipinski definition) is 5. The van der Waals surface area contributed by atoms with Gasteiger partial charge in [0.1, 0.15) is 6.10 Å². The highest BCUT2D eigenvalue weighted by Gasteiger charge is 2.16. The molecule has 0 saturated carbocycles. The average molecular weight is 328 g/mol. The largest absolute Gasteiger partial charge is 0.481 e. The first-order valence-electron chi connectivity index (χ1n) is 7.38. The van der Waals surface area contributed by atoms with Crippen LogP contribution in [0.2, 0.25) is 0 Å². The Hall–Kier alpha value is -3.03. The fraction of sp³-hybridized carbons (Fsp3) is 0.250. The zero-order valence-corrected chi connectivity index (χ0v) is 13.6. The lowest BCUT2D eigenvalue weighted by atomic mass is 10.2. The molecule has 0 amide bonds. The van der Waals surface area contributed by atoms with E-state index in [-0.39, 0.29) is 5.75 Å². The Morgan fingerprint density at radius 2 is 2.08 bits per heavy atom. The van der Waals surface area contributed by atoms with E-state index in [0.29, 0.717) is 17.4 Å². The number of benzene rings is 1. The maximum absolute atomic E-state index is 13.8. The second-order valence-corrected chi connectivity index (χ2v) is 5.39. The molecule has 0 fully saturated rings. The van der Waals surface area contributed by atoms with E-state index < -0.39 is 11.9 Å². The molecule has 1 aromatic carbocycles. The molecule has 0 saturated heterocycles. The van der Waals surface area contributed by atoms with Crippen LogP contribution < -0.4 is 4.74 Å². The van der Waals surface area contributed by atoms with Gasteiger partial charge >= 0.3 is 0 Å². The lowest BCUT2D eigenvalue weighted by Crippen LogP contribution is -2.10. The van der Waals surface area contributed by atoms with Gasteiger partial charge in [0.25, 0.3) is 11.7 Å². The Morgan fingerprint density at radius 3 is 2.83 bits per heavy atom. The number of ether oxygens (including phenoxy) is 1. The molecule has 3 rings (SSSR count). The monoisotopic (exact) mass is 328 g/mol. The second-order valence-electron chi connectivity index (χ2n) is 5.39. The zero-order chi connectivity index (χ0) is 17.1. The molecule has 8 heteroatoms. The summed E-state index contributed by atoms with van der Waals surface area (Å²) in [6.45, 7) is 1.81. The minimum atomic E-state index is -0.445. The summed E-state index contributed by atoms with van der Waals surface area (Å²) in [6, 6.07) is 8.03. The first-order chi connectivity index (χ1) is 11.5. The van der Waals surface area contributed by atoms with Gasteiger partial charge in [-0.25, -0.2) is 14.4 Å².